The molecule has 0 aromatic heterocycles. The van der Waals surface area contributed by atoms with Gasteiger partial charge in [0.15, 0.2) is 0 Å². The van der Waals surface area contributed by atoms with Crippen LogP contribution in [0, 0.1) is 10.1 Å². The molecule has 2 rings (SSSR count). The van der Waals surface area contributed by atoms with Crippen molar-refractivity contribution in [1.82, 2.24) is 5.32 Å². The maximum atomic E-state index is 12.1. The van der Waals surface area contributed by atoms with Gasteiger partial charge in [0.1, 0.15) is 5.75 Å². The number of hydrogen-bond acceptors (Lipinski definition) is 4. The SMILES string of the molecule is CC(NC(=O)Cc1ccccc1[N+](=O)[O-])c1ccc(OC(F)F)cc1. The zero-order valence-corrected chi connectivity index (χ0v) is 13.3. The molecule has 0 aliphatic carbocycles. The van der Waals surface area contributed by atoms with E-state index in [0.29, 0.717) is 11.1 Å². The van der Waals surface area contributed by atoms with E-state index >= 15 is 0 Å². The van der Waals surface area contributed by atoms with E-state index in [1.807, 2.05) is 0 Å². The molecule has 8 heteroatoms. The maximum absolute atomic E-state index is 12.1. The summed E-state index contributed by atoms with van der Waals surface area (Å²) in [5, 5.41) is 13.7. The molecular weight excluding hydrogens is 334 g/mol. The Hall–Kier alpha value is -3.03. The average molecular weight is 350 g/mol. The van der Waals surface area contributed by atoms with Gasteiger partial charge in [-0.15, -0.1) is 0 Å². The highest BCUT2D eigenvalue weighted by atomic mass is 19.3. The zero-order chi connectivity index (χ0) is 18.4. The van der Waals surface area contributed by atoms with E-state index in [1.165, 1.54) is 30.3 Å². The first-order valence-corrected chi connectivity index (χ1v) is 7.43. The van der Waals surface area contributed by atoms with Crippen LogP contribution in [0.15, 0.2) is 48.5 Å². The Labute approximate surface area is 142 Å². The van der Waals surface area contributed by atoms with E-state index in [9.17, 15) is 23.7 Å². The summed E-state index contributed by atoms with van der Waals surface area (Å²) in [7, 11) is 0. The molecule has 2 aromatic rings. The minimum absolute atomic E-state index is 0.0252. The number of para-hydroxylation sites is 1. The molecule has 6 nitrogen and oxygen atoms in total. The first-order chi connectivity index (χ1) is 11.9. The van der Waals surface area contributed by atoms with Crippen molar-refractivity contribution in [3.05, 3.63) is 69.8 Å². The Kier molecular flexibility index (Phi) is 5.99. The van der Waals surface area contributed by atoms with Gasteiger partial charge in [0.2, 0.25) is 5.91 Å². The van der Waals surface area contributed by atoms with Gasteiger partial charge in [0, 0.05) is 11.6 Å². The van der Waals surface area contributed by atoms with Crippen LogP contribution in [-0.4, -0.2) is 17.4 Å². The number of alkyl halides is 2. The van der Waals surface area contributed by atoms with Crippen LogP contribution in [0.5, 0.6) is 5.75 Å². The molecule has 0 saturated carbocycles. The third-order valence-electron chi connectivity index (χ3n) is 3.52. The summed E-state index contributed by atoms with van der Waals surface area (Å²) in [4.78, 5) is 22.6. The van der Waals surface area contributed by atoms with Gasteiger partial charge in [-0.1, -0.05) is 30.3 Å². The van der Waals surface area contributed by atoms with Crippen molar-refractivity contribution in [2.45, 2.75) is 26.0 Å². The van der Waals surface area contributed by atoms with Crippen molar-refractivity contribution in [2.75, 3.05) is 0 Å². The number of nitrogens with zero attached hydrogens (tertiary/aromatic N) is 1. The molecule has 0 bridgehead atoms. The summed E-state index contributed by atoms with van der Waals surface area (Å²) >= 11 is 0. The number of nitrogens with one attached hydrogen (secondary N) is 1. The lowest BCUT2D eigenvalue weighted by molar-refractivity contribution is -0.385. The third kappa shape index (κ3) is 5.23. The van der Waals surface area contributed by atoms with Gasteiger partial charge in [-0.05, 0) is 24.6 Å². The van der Waals surface area contributed by atoms with E-state index in [2.05, 4.69) is 10.1 Å². The number of amides is 1. The molecule has 0 fully saturated rings. The number of carbonyl (C=O) groups excluding carboxylic acids is 1. The summed E-state index contributed by atoms with van der Waals surface area (Å²) in [6, 6.07) is 11.5. The lowest BCUT2D eigenvalue weighted by atomic mass is 10.1. The van der Waals surface area contributed by atoms with Gasteiger partial charge in [-0.2, -0.15) is 8.78 Å². The fraction of sp³-hybridized carbons (Fsp3) is 0.235. The number of rotatable bonds is 7. The highest BCUT2D eigenvalue weighted by molar-refractivity contribution is 5.80. The van der Waals surface area contributed by atoms with E-state index in [-0.39, 0.29) is 23.8 Å². The van der Waals surface area contributed by atoms with Crippen LogP contribution >= 0.6 is 0 Å². The van der Waals surface area contributed by atoms with Crippen molar-refractivity contribution < 1.29 is 23.2 Å². The Morgan fingerprint density at radius 1 is 1.20 bits per heavy atom. The molecule has 0 heterocycles. The summed E-state index contributed by atoms with van der Waals surface area (Å²) in [5.41, 5.74) is 0.897. The van der Waals surface area contributed by atoms with Gasteiger partial charge in [0.25, 0.3) is 5.69 Å². The number of benzene rings is 2. The standard InChI is InChI=1S/C17H16F2N2O4/c1-11(12-6-8-14(9-7-12)25-17(18)19)20-16(22)10-13-4-2-3-5-15(13)21(23)24/h2-9,11,17H,10H2,1H3,(H,20,22). The normalized spacial score (nSPS) is 11.8. The minimum atomic E-state index is -2.90. The summed E-state index contributed by atoms with van der Waals surface area (Å²) in [6.07, 6.45) is -0.131. The van der Waals surface area contributed by atoms with Crippen LogP contribution in [0.25, 0.3) is 0 Å². The van der Waals surface area contributed by atoms with Crippen LogP contribution in [0.3, 0.4) is 0 Å². The lowest BCUT2D eigenvalue weighted by Crippen LogP contribution is -2.28. The fourth-order valence-corrected chi connectivity index (χ4v) is 2.33. The maximum Gasteiger partial charge on any atom is 0.387 e. The van der Waals surface area contributed by atoms with Crippen molar-refractivity contribution in [2.24, 2.45) is 0 Å². The molecule has 132 valence electrons. The van der Waals surface area contributed by atoms with Crippen molar-refractivity contribution in [3.8, 4) is 5.75 Å². The van der Waals surface area contributed by atoms with Gasteiger partial charge >= 0.3 is 6.61 Å². The molecule has 1 N–H and O–H groups in total. The minimum Gasteiger partial charge on any atom is -0.435 e. The lowest BCUT2D eigenvalue weighted by Gasteiger charge is -2.15. The van der Waals surface area contributed by atoms with Crippen molar-refractivity contribution >= 4 is 11.6 Å². The Morgan fingerprint density at radius 3 is 2.44 bits per heavy atom. The number of ether oxygens (including phenoxy) is 1. The van der Waals surface area contributed by atoms with Crippen LogP contribution in [0.4, 0.5) is 14.5 Å². The summed E-state index contributed by atoms with van der Waals surface area (Å²) in [5.74, 6) is -0.355. The second kappa shape index (κ2) is 8.18. The molecule has 0 aliphatic heterocycles. The second-order valence-electron chi connectivity index (χ2n) is 5.30. The highest BCUT2D eigenvalue weighted by Gasteiger charge is 2.17. The molecule has 1 amide bonds. The number of halogens is 2. The van der Waals surface area contributed by atoms with E-state index in [1.54, 1.807) is 25.1 Å². The van der Waals surface area contributed by atoms with Crippen molar-refractivity contribution in [3.63, 3.8) is 0 Å². The van der Waals surface area contributed by atoms with Gasteiger partial charge in [-0.3, -0.25) is 14.9 Å². The fourth-order valence-electron chi connectivity index (χ4n) is 2.33. The van der Waals surface area contributed by atoms with E-state index < -0.39 is 17.6 Å². The molecule has 25 heavy (non-hydrogen) atoms. The molecule has 0 spiro atoms. The topological polar surface area (TPSA) is 81.5 Å². The Morgan fingerprint density at radius 2 is 1.84 bits per heavy atom. The first-order valence-electron chi connectivity index (χ1n) is 7.43. The molecule has 0 saturated heterocycles. The number of nitro groups is 1. The molecule has 1 atom stereocenters. The van der Waals surface area contributed by atoms with E-state index in [4.69, 9.17) is 0 Å². The quantitative estimate of drug-likeness (QED) is 0.611. The van der Waals surface area contributed by atoms with Crippen LogP contribution < -0.4 is 10.1 Å². The molecule has 0 radical (unpaired) electrons. The van der Waals surface area contributed by atoms with Crippen LogP contribution in [0.1, 0.15) is 24.1 Å². The molecule has 2 aromatic carbocycles. The molecule has 0 aliphatic rings. The van der Waals surface area contributed by atoms with Crippen molar-refractivity contribution in [1.29, 1.82) is 0 Å². The number of hydrogen-bond donors (Lipinski definition) is 1. The third-order valence-corrected chi connectivity index (χ3v) is 3.52. The second-order valence-corrected chi connectivity index (χ2v) is 5.30. The van der Waals surface area contributed by atoms with Crippen LogP contribution in [-0.2, 0) is 11.2 Å². The largest absolute Gasteiger partial charge is 0.435 e. The van der Waals surface area contributed by atoms with Gasteiger partial charge < -0.3 is 10.1 Å². The Bertz CT molecular complexity index is 751. The molecular formula is C17H16F2N2O4. The Balaban J connectivity index is 1.99. The smallest absolute Gasteiger partial charge is 0.387 e. The van der Waals surface area contributed by atoms with Gasteiger partial charge in [-0.25, -0.2) is 0 Å². The number of carbonyl (C=O) groups is 1. The summed E-state index contributed by atoms with van der Waals surface area (Å²) in [6.45, 7) is -1.18. The number of nitro benzene ring substituents is 1. The predicted molar refractivity (Wildman–Crippen MR) is 86.4 cm³/mol. The molecule has 1 unspecified atom stereocenters. The zero-order valence-electron chi connectivity index (χ0n) is 13.3. The highest BCUT2D eigenvalue weighted by Crippen LogP contribution is 2.21. The predicted octanol–water partition coefficient (Wildman–Crippen LogP) is 3.62. The average Bonchev–Trinajstić information content (AvgIpc) is 2.55. The monoisotopic (exact) mass is 350 g/mol. The summed E-state index contributed by atoms with van der Waals surface area (Å²) < 4.78 is 28.5. The van der Waals surface area contributed by atoms with Gasteiger partial charge in [0.05, 0.1) is 17.4 Å². The van der Waals surface area contributed by atoms with E-state index in [0.717, 1.165) is 0 Å². The first kappa shape index (κ1) is 18.3. The van der Waals surface area contributed by atoms with Crippen LogP contribution in [0.2, 0.25) is 0 Å².